The molecule has 1 aromatic rings. The second kappa shape index (κ2) is 6.14. The van der Waals surface area contributed by atoms with Crippen molar-refractivity contribution in [2.24, 2.45) is 11.7 Å². The first kappa shape index (κ1) is 15.6. The largest absolute Gasteiger partial charge is 0.435 e. The van der Waals surface area contributed by atoms with Crippen LogP contribution < -0.4 is 10.6 Å². The summed E-state index contributed by atoms with van der Waals surface area (Å²) >= 11 is 4.87. The van der Waals surface area contributed by atoms with E-state index in [1.54, 1.807) is 4.90 Å². The van der Waals surface area contributed by atoms with E-state index in [1.165, 1.54) is 6.07 Å². The third kappa shape index (κ3) is 4.30. The van der Waals surface area contributed by atoms with Gasteiger partial charge in [-0.2, -0.15) is 13.2 Å². The van der Waals surface area contributed by atoms with Gasteiger partial charge in [0.2, 0.25) is 0 Å². The van der Waals surface area contributed by atoms with E-state index in [-0.39, 0.29) is 5.92 Å². The van der Waals surface area contributed by atoms with Crippen LogP contribution in [0.4, 0.5) is 19.0 Å². The van der Waals surface area contributed by atoms with Gasteiger partial charge in [-0.25, -0.2) is 0 Å². The van der Waals surface area contributed by atoms with Gasteiger partial charge in [0, 0.05) is 19.0 Å². The van der Waals surface area contributed by atoms with E-state index >= 15 is 0 Å². The highest BCUT2D eigenvalue weighted by Crippen LogP contribution is 2.27. The normalized spacial score (nSPS) is 13.1. The first-order valence-corrected chi connectivity index (χ1v) is 6.11. The number of alkyl halides is 3. The Balaban J connectivity index is 2.85. The number of hydrogen-bond donors (Lipinski definition) is 1. The van der Waals surface area contributed by atoms with Gasteiger partial charge in [0.05, 0.1) is 4.99 Å². The van der Waals surface area contributed by atoms with Gasteiger partial charge in [0.25, 0.3) is 0 Å². The van der Waals surface area contributed by atoms with Crippen molar-refractivity contribution < 1.29 is 13.2 Å². The van der Waals surface area contributed by atoms with Gasteiger partial charge < -0.3 is 10.6 Å². The Morgan fingerprint density at radius 2 is 2.05 bits per heavy atom. The second-order valence-electron chi connectivity index (χ2n) is 4.12. The molecule has 8 heteroatoms. The van der Waals surface area contributed by atoms with E-state index in [9.17, 15) is 13.2 Å². The molecule has 19 heavy (non-hydrogen) atoms. The molecule has 1 rings (SSSR count). The molecule has 0 saturated heterocycles. The number of anilines is 1. The molecule has 0 aliphatic heterocycles. The van der Waals surface area contributed by atoms with Crippen molar-refractivity contribution in [3.05, 3.63) is 17.8 Å². The Morgan fingerprint density at radius 3 is 2.42 bits per heavy atom. The summed E-state index contributed by atoms with van der Waals surface area (Å²) in [5.41, 5.74) is 4.51. The topological polar surface area (TPSA) is 55.0 Å². The number of nitrogens with zero attached hydrogens (tertiary/aromatic N) is 3. The van der Waals surface area contributed by atoms with Crippen molar-refractivity contribution >= 4 is 23.0 Å². The van der Waals surface area contributed by atoms with Crippen LogP contribution in [0.15, 0.2) is 12.1 Å². The molecule has 0 amide bonds. The van der Waals surface area contributed by atoms with Gasteiger partial charge in [0.15, 0.2) is 11.5 Å². The van der Waals surface area contributed by atoms with Gasteiger partial charge in [-0.3, -0.25) is 0 Å². The first-order valence-electron chi connectivity index (χ1n) is 5.71. The molecule has 0 aromatic carbocycles. The molecule has 0 spiro atoms. The molecular weight excluding hydrogens is 277 g/mol. The summed E-state index contributed by atoms with van der Waals surface area (Å²) in [6.45, 7) is 4.78. The summed E-state index contributed by atoms with van der Waals surface area (Å²) in [5.74, 6) is 0.317. The van der Waals surface area contributed by atoms with Gasteiger partial charge >= 0.3 is 6.18 Å². The Hall–Kier alpha value is -1.44. The molecule has 0 aliphatic rings. The van der Waals surface area contributed by atoms with Gasteiger partial charge in [-0.15, -0.1) is 10.2 Å². The summed E-state index contributed by atoms with van der Waals surface area (Å²) in [6, 6.07) is 2.21. The molecular formula is C11H15F3N4S. The lowest BCUT2D eigenvalue weighted by Gasteiger charge is -2.24. The van der Waals surface area contributed by atoms with Crippen LogP contribution in [-0.4, -0.2) is 28.3 Å². The molecule has 0 bridgehead atoms. The SMILES string of the molecule is CCN(CC(C)C(N)=S)c1ccc(C(F)(F)F)nn1. The van der Waals surface area contributed by atoms with Crippen LogP contribution in [0.1, 0.15) is 19.5 Å². The van der Waals surface area contributed by atoms with Crippen LogP contribution in [0.3, 0.4) is 0 Å². The standard InChI is InChI=1S/C11H15F3N4S/c1-3-18(6-7(2)10(15)19)9-5-4-8(16-17-9)11(12,13)14/h4-5,7H,3,6H2,1-2H3,(H2,15,19). The minimum absolute atomic E-state index is 0.0564. The number of rotatable bonds is 5. The van der Waals surface area contributed by atoms with Crippen molar-refractivity contribution in [1.82, 2.24) is 10.2 Å². The smallest absolute Gasteiger partial charge is 0.393 e. The lowest BCUT2D eigenvalue weighted by atomic mass is 10.1. The molecule has 106 valence electrons. The van der Waals surface area contributed by atoms with Crippen LogP contribution in [-0.2, 0) is 6.18 Å². The molecule has 0 aliphatic carbocycles. The fourth-order valence-electron chi connectivity index (χ4n) is 1.45. The van der Waals surface area contributed by atoms with E-state index in [2.05, 4.69) is 10.2 Å². The highest BCUT2D eigenvalue weighted by molar-refractivity contribution is 7.80. The Bertz CT molecular complexity index is 433. The summed E-state index contributed by atoms with van der Waals surface area (Å²) in [4.78, 5) is 2.13. The molecule has 2 N–H and O–H groups in total. The van der Waals surface area contributed by atoms with Crippen LogP contribution in [0, 0.1) is 5.92 Å². The highest BCUT2D eigenvalue weighted by atomic mass is 32.1. The van der Waals surface area contributed by atoms with Crippen molar-refractivity contribution in [2.75, 3.05) is 18.0 Å². The minimum atomic E-state index is -4.48. The average Bonchev–Trinajstić information content (AvgIpc) is 2.34. The van der Waals surface area contributed by atoms with Crippen molar-refractivity contribution in [2.45, 2.75) is 20.0 Å². The van der Waals surface area contributed by atoms with Crippen LogP contribution in [0.5, 0.6) is 0 Å². The zero-order chi connectivity index (χ0) is 14.6. The fourth-order valence-corrected chi connectivity index (χ4v) is 1.52. The molecule has 1 aromatic heterocycles. The van der Waals surface area contributed by atoms with E-state index in [0.29, 0.717) is 23.9 Å². The zero-order valence-corrected chi connectivity index (χ0v) is 11.4. The van der Waals surface area contributed by atoms with Crippen molar-refractivity contribution in [3.63, 3.8) is 0 Å². The predicted molar refractivity (Wildman–Crippen MR) is 70.9 cm³/mol. The molecule has 4 nitrogen and oxygen atoms in total. The van der Waals surface area contributed by atoms with E-state index < -0.39 is 11.9 Å². The predicted octanol–water partition coefficient (Wildman–Crippen LogP) is 2.24. The first-order chi connectivity index (χ1) is 8.75. The Kier molecular flexibility index (Phi) is 5.04. The van der Waals surface area contributed by atoms with Crippen molar-refractivity contribution in [3.8, 4) is 0 Å². The number of halogens is 3. The molecule has 1 atom stereocenters. The third-order valence-electron chi connectivity index (χ3n) is 2.63. The highest BCUT2D eigenvalue weighted by Gasteiger charge is 2.33. The van der Waals surface area contributed by atoms with E-state index in [1.807, 2.05) is 13.8 Å². The Labute approximate surface area is 114 Å². The monoisotopic (exact) mass is 292 g/mol. The molecule has 0 radical (unpaired) electrons. The second-order valence-corrected chi connectivity index (χ2v) is 4.59. The summed E-state index contributed by atoms with van der Waals surface area (Å²) < 4.78 is 37.1. The van der Waals surface area contributed by atoms with Crippen molar-refractivity contribution in [1.29, 1.82) is 0 Å². The van der Waals surface area contributed by atoms with E-state index in [4.69, 9.17) is 18.0 Å². The molecule has 1 heterocycles. The summed E-state index contributed by atoms with van der Waals surface area (Å²) in [6.07, 6.45) is -4.48. The fraction of sp³-hybridized carbons (Fsp3) is 0.545. The molecule has 0 fully saturated rings. The van der Waals surface area contributed by atoms with Crippen LogP contribution in [0.25, 0.3) is 0 Å². The number of aromatic nitrogens is 2. The van der Waals surface area contributed by atoms with Crippen LogP contribution >= 0.6 is 12.2 Å². The van der Waals surface area contributed by atoms with Gasteiger partial charge in [-0.1, -0.05) is 19.1 Å². The minimum Gasteiger partial charge on any atom is -0.393 e. The Morgan fingerprint density at radius 1 is 1.42 bits per heavy atom. The maximum Gasteiger partial charge on any atom is 0.435 e. The maximum absolute atomic E-state index is 12.4. The van der Waals surface area contributed by atoms with Gasteiger partial charge in [-0.05, 0) is 19.1 Å². The van der Waals surface area contributed by atoms with Gasteiger partial charge in [0.1, 0.15) is 0 Å². The summed E-state index contributed by atoms with van der Waals surface area (Å²) in [7, 11) is 0. The summed E-state index contributed by atoms with van der Waals surface area (Å²) in [5, 5.41) is 6.79. The lowest BCUT2D eigenvalue weighted by Crippen LogP contribution is -2.34. The molecule has 1 unspecified atom stereocenters. The number of nitrogens with two attached hydrogens (primary N) is 1. The number of hydrogen-bond acceptors (Lipinski definition) is 4. The average molecular weight is 292 g/mol. The lowest BCUT2D eigenvalue weighted by molar-refractivity contribution is -0.141. The van der Waals surface area contributed by atoms with E-state index in [0.717, 1.165) is 6.07 Å². The third-order valence-corrected chi connectivity index (χ3v) is 3.03. The zero-order valence-electron chi connectivity index (χ0n) is 10.6. The van der Waals surface area contributed by atoms with Crippen LogP contribution in [0.2, 0.25) is 0 Å². The molecule has 0 saturated carbocycles. The maximum atomic E-state index is 12.4. The quantitative estimate of drug-likeness (QED) is 0.844. The number of thiocarbonyl (C=S) groups is 1.